The largest absolute Gasteiger partial charge is 0.349 e. The second kappa shape index (κ2) is 8.37. The van der Waals surface area contributed by atoms with Gasteiger partial charge in [-0.25, -0.2) is 0 Å². The molecule has 122 valence electrons. The summed E-state index contributed by atoms with van der Waals surface area (Å²) in [5.74, 6) is 0.0474. The van der Waals surface area contributed by atoms with Gasteiger partial charge in [-0.05, 0) is 48.6 Å². The quantitative estimate of drug-likeness (QED) is 0.732. The summed E-state index contributed by atoms with van der Waals surface area (Å²) in [7, 11) is 0. The van der Waals surface area contributed by atoms with Gasteiger partial charge in [0.05, 0.1) is 16.1 Å². The highest BCUT2D eigenvalue weighted by Gasteiger charge is 2.14. The Labute approximate surface area is 147 Å². The molecule has 2 aromatic carbocycles. The predicted molar refractivity (Wildman–Crippen MR) is 97.1 cm³/mol. The highest BCUT2D eigenvalue weighted by molar-refractivity contribution is 6.42. The average Bonchev–Trinajstić information content (AvgIpc) is 2.54. The third-order valence-corrected chi connectivity index (χ3v) is 4.67. The highest BCUT2D eigenvalue weighted by Crippen LogP contribution is 2.23. The first kappa shape index (κ1) is 17.8. The van der Waals surface area contributed by atoms with Crippen LogP contribution < -0.4 is 5.32 Å². The minimum atomic E-state index is 0.0474. The van der Waals surface area contributed by atoms with Gasteiger partial charge in [-0.1, -0.05) is 60.5 Å². The van der Waals surface area contributed by atoms with Crippen LogP contribution in [0.3, 0.4) is 0 Å². The van der Waals surface area contributed by atoms with Gasteiger partial charge >= 0.3 is 0 Å². The summed E-state index contributed by atoms with van der Waals surface area (Å²) in [5, 5.41) is 4.18. The minimum absolute atomic E-state index is 0.0474. The molecule has 1 amide bonds. The molecule has 0 saturated carbocycles. The number of amides is 1. The van der Waals surface area contributed by atoms with Crippen molar-refractivity contribution in [2.75, 3.05) is 0 Å². The number of halogens is 2. The van der Waals surface area contributed by atoms with Crippen molar-refractivity contribution in [2.24, 2.45) is 0 Å². The summed E-state index contributed by atoms with van der Waals surface area (Å²) in [6, 6.07) is 13.7. The van der Waals surface area contributed by atoms with Crippen molar-refractivity contribution in [3.8, 4) is 0 Å². The minimum Gasteiger partial charge on any atom is -0.349 e. The van der Waals surface area contributed by atoms with Crippen LogP contribution in [-0.2, 0) is 11.2 Å². The van der Waals surface area contributed by atoms with Crippen molar-refractivity contribution in [3.63, 3.8) is 0 Å². The van der Waals surface area contributed by atoms with Crippen molar-refractivity contribution >= 4 is 29.1 Å². The molecule has 0 radical (unpaired) electrons. The van der Waals surface area contributed by atoms with E-state index in [9.17, 15) is 4.79 Å². The number of aryl methyl sites for hydroxylation is 2. The number of carbonyl (C=O) groups excluding carboxylic acids is 1. The molecule has 2 nitrogen and oxygen atoms in total. The third kappa shape index (κ3) is 4.98. The maximum absolute atomic E-state index is 12.3. The molecule has 0 spiro atoms. The maximum Gasteiger partial charge on any atom is 0.220 e. The lowest BCUT2D eigenvalue weighted by atomic mass is 9.99. The van der Waals surface area contributed by atoms with Crippen molar-refractivity contribution in [3.05, 3.63) is 69.2 Å². The Bertz CT molecular complexity index is 685. The molecule has 23 heavy (non-hydrogen) atoms. The molecular weight excluding hydrogens is 329 g/mol. The predicted octanol–water partition coefficient (Wildman–Crippen LogP) is 5.50. The standard InChI is InChI=1S/C19H21Cl2NO/c1-3-18(15-7-5-4-6-13(15)2)22-19(23)11-9-14-8-10-16(20)17(21)12-14/h4-8,10,12,18H,3,9,11H2,1-2H3,(H,22,23). The molecule has 0 saturated heterocycles. The van der Waals surface area contributed by atoms with Crippen molar-refractivity contribution in [2.45, 2.75) is 39.2 Å². The summed E-state index contributed by atoms with van der Waals surface area (Å²) in [4.78, 5) is 12.3. The van der Waals surface area contributed by atoms with Gasteiger partial charge in [-0.2, -0.15) is 0 Å². The molecule has 0 bridgehead atoms. The number of nitrogens with one attached hydrogen (secondary N) is 1. The van der Waals surface area contributed by atoms with E-state index in [2.05, 4.69) is 31.3 Å². The first-order chi connectivity index (χ1) is 11.0. The fourth-order valence-corrected chi connectivity index (χ4v) is 2.92. The Morgan fingerprint density at radius 2 is 1.87 bits per heavy atom. The summed E-state index contributed by atoms with van der Waals surface area (Å²) in [5.41, 5.74) is 3.39. The molecule has 2 aromatic rings. The lowest BCUT2D eigenvalue weighted by molar-refractivity contribution is -0.121. The first-order valence-electron chi connectivity index (χ1n) is 7.80. The fraction of sp³-hybridized carbons (Fsp3) is 0.316. The van der Waals surface area contributed by atoms with Crippen molar-refractivity contribution in [1.82, 2.24) is 5.32 Å². The Hall–Kier alpha value is -1.51. The van der Waals surface area contributed by atoms with E-state index < -0.39 is 0 Å². The molecule has 0 aliphatic heterocycles. The van der Waals surface area contributed by atoms with Gasteiger partial charge in [0.25, 0.3) is 0 Å². The third-order valence-electron chi connectivity index (χ3n) is 3.93. The van der Waals surface area contributed by atoms with Gasteiger partial charge in [0.15, 0.2) is 0 Å². The van der Waals surface area contributed by atoms with E-state index in [1.54, 1.807) is 6.07 Å². The molecule has 4 heteroatoms. The van der Waals surface area contributed by atoms with Gasteiger partial charge in [-0.3, -0.25) is 4.79 Å². The molecule has 0 aliphatic rings. The lowest BCUT2D eigenvalue weighted by Gasteiger charge is -2.19. The van der Waals surface area contributed by atoms with Crippen LogP contribution >= 0.6 is 23.2 Å². The Morgan fingerprint density at radius 1 is 1.13 bits per heavy atom. The summed E-state index contributed by atoms with van der Waals surface area (Å²) < 4.78 is 0. The summed E-state index contributed by atoms with van der Waals surface area (Å²) in [6.07, 6.45) is 1.94. The molecule has 1 unspecified atom stereocenters. The Morgan fingerprint density at radius 3 is 2.52 bits per heavy atom. The Balaban J connectivity index is 1.95. The van der Waals surface area contributed by atoms with Crippen LogP contribution in [0.15, 0.2) is 42.5 Å². The molecule has 1 atom stereocenters. The number of benzene rings is 2. The highest BCUT2D eigenvalue weighted by atomic mass is 35.5. The van der Waals surface area contributed by atoms with Crippen molar-refractivity contribution < 1.29 is 4.79 Å². The number of rotatable bonds is 6. The van der Waals surface area contributed by atoms with Crippen LogP contribution in [-0.4, -0.2) is 5.91 Å². The maximum atomic E-state index is 12.3. The SMILES string of the molecule is CCC(NC(=O)CCc1ccc(Cl)c(Cl)c1)c1ccccc1C. The van der Waals surface area contributed by atoms with Crippen LogP contribution in [0.4, 0.5) is 0 Å². The number of carbonyl (C=O) groups is 1. The van der Waals surface area contributed by atoms with E-state index in [0.717, 1.165) is 12.0 Å². The zero-order valence-electron chi connectivity index (χ0n) is 13.4. The van der Waals surface area contributed by atoms with Crippen LogP contribution in [0.25, 0.3) is 0 Å². The normalized spacial score (nSPS) is 12.0. The fourth-order valence-electron chi connectivity index (χ4n) is 2.60. The molecule has 0 aliphatic carbocycles. The van der Waals surface area contributed by atoms with E-state index in [1.807, 2.05) is 24.3 Å². The van der Waals surface area contributed by atoms with Crippen LogP contribution in [0, 0.1) is 6.92 Å². The van der Waals surface area contributed by atoms with Gasteiger partial charge in [-0.15, -0.1) is 0 Å². The lowest BCUT2D eigenvalue weighted by Crippen LogP contribution is -2.28. The van der Waals surface area contributed by atoms with E-state index in [1.165, 1.54) is 11.1 Å². The first-order valence-corrected chi connectivity index (χ1v) is 8.55. The van der Waals surface area contributed by atoms with E-state index in [-0.39, 0.29) is 11.9 Å². The zero-order valence-corrected chi connectivity index (χ0v) is 14.9. The van der Waals surface area contributed by atoms with Gasteiger partial charge in [0.1, 0.15) is 0 Å². The molecular formula is C19H21Cl2NO. The molecule has 0 aromatic heterocycles. The monoisotopic (exact) mass is 349 g/mol. The molecule has 2 rings (SSSR count). The van der Waals surface area contributed by atoms with E-state index in [4.69, 9.17) is 23.2 Å². The number of hydrogen-bond acceptors (Lipinski definition) is 1. The smallest absolute Gasteiger partial charge is 0.220 e. The van der Waals surface area contributed by atoms with Crippen LogP contribution in [0.5, 0.6) is 0 Å². The topological polar surface area (TPSA) is 29.1 Å². The van der Waals surface area contributed by atoms with Crippen LogP contribution in [0.2, 0.25) is 10.0 Å². The average molecular weight is 350 g/mol. The number of hydrogen-bond donors (Lipinski definition) is 1. The van der Waals surface area contributed by atoms with Gasteiger partial charge in [0, 0.05) is 6.42 Å². The molecule has 0 heterocycles. The zero-order chi connectivity index (χ0) is 16.8. The molecule has 0 fully saturated rings. The Kier molecular flexibility index (Phi) is 6.49. The van der Waals surface area contributed by atoms with Crippen LogP contribution in [0.1, 0.15) is 42.5 Å². The summed E-state index contributed by atoms with van der Waals surface area (Å²) >= 11 is 11.9. The molecule has 1 N–H and O–H groups in total. The summed E-state index contributed by atoms with van der Waals surface area (Å²) in [6.45, 7) is 4.15. The van der Waals surface area contributed by atoms with E-state index in [0.29, 0.717) is 22.9 Å². The van der Waals surface area contributed by atoms with Gasteiger partial charge in [0.2, 0.25) is 5.91 Å². The van der Waals surface area contributed by atoms with Gasteiger partial charge < -0.3 is 5.32 Å². The van der Waals surface area contributed by atoms with E-state index >= 15 is 0 Å². The second-order valence-corrected chi connectivity index (χ2v) is 6.45. The van der Waals surface area contributed by atoms with Crippen molar-refractivity contribution in [1.29, 1.82) is 0 Å². The second-order valence-electron chi connectivity index (χ2n) is 5.63.